The highest BCUT2D eigenvalue weighted by Crippen LogP contribution is 2.17. The van der Waals surface area contributed by atoms with Gasteiger partial charge in [-0.15, -0.1) is 0 Å². The van der Waals surface area contributed by atoms with Crippen molar-refractivity contribution in [1.29, 1.82) is 0 Å². The van der Waals surface area contributed by atoms with Crippen molar-refractivity contribution in [1.82, 2.24) is 5.32 Å². The van der Waals surface area contributed by atoms with Crippen LogP contribution in [0.4, 0.5) is 0 Å². The van der Waals surface area contributed by atoms with E-state index in [1.807, 2.05) is 11.8 Å². The summed E-state index contributed by atoms with van der Waals surface area (Å²) >= 11 is 1.96. The smallest absolute Gasteiger partial charge is 0.371 e. The molecule has 2 heterocycles. The van der Waals surface area contributed by atoms with Gasteiger partial charge in [-0.2, -0.15) is 11.8 Å². The number of rotatable bonds is 4. The highest BCUT2D eigenvalue weighted by atomic mass is 32.2. The van der Waals surface area contributed by atoms with Gasteiger partial charge in [-0.3, -0.25) is 0 Å². The average Bonchev–Trinajstić information content (AvgIpc) is 2.76. The molecule has 1 fully saturated rings. The van der Waals surface area contributed by atoms with E-state index < -0.39 is 5.97 Å². The maximum atomic E-state index is 10.6. The molecule has 88 valence electrons. The van der Waals surface area contributed by atoms with Gasteiger partial charge in [0.1, 0.15) is 5.76 Å². The molecule has 1 atom stereocenters. The van der Waals surface area contributed by atoms with Crippen molar-refractivity contribution in [3.05, 3.63) is 23.7 Å². The normalized spacial score (nSPS) is 20.9. The van der Waals surface area contributed by atoms with E-state index in [9.17, 15) is 4.79 Å². The first-order chi connectivity index (χ1) is 7.75. The molecule has 1 aromatic rings. The Balaban J connectivity index is 1.81. The fraction of sp³-hybridized carbons (Fsp3) is 0.545. The predicted octanol–water partition coefficient (Wildman–Crippen LogP) is 1.96. The third-order valence-corrected chi connectivity index (χ3v) is 3.81. The van der Waals surface area contributed by atoms with Crippen LogP contribution in [0.15, 0.2) is 16.5 Å². The van der Waals surface area contributed by atoms with Gasteiger partial charge in [0.05, 0.1) is 6.54 Å². The van der Waals surface area contributed by atoms with E-state index in [1.165, 1.54) is 24.7 Å². The summed E-state index contributed by atoms with van der Waals surface area (Å²) in [5.41, 5.74) is 0. The van der Waals surface area contributed by atoms with E-state index in [-0.39, 0.29) is 5.76 Å². The highest BCUT2D eigenvalue weighted by Gasteiger charge is 2.14. The lowest BCUT2D eigenvalue weighted by atomic mass is 10.2. The molecule has 2 rings (SSSR count). The second-order valence-corrected chi connectivity index (χ2v) is 5.02. The van der Waals surface area contributed by atoms with Crippen LogP contribution >= 0.6 is 11.8 Å². The Labute approximate surface area is 98.4 Å². The number of hydrogen-bond donors (Lipinski definition) is 2. The van der Waals surface area contributed by atoms with Gasteiger partial charge in [0.15, 0.2) is 0 Å². The molecule has 4 nitrogen and oxygen atoms in total. The summed E-state index contributed by atoms with van der Waals surface area (Å²) in [5, 5.41) is 12.1. The largest absolute Gasteiger partial charge is 0.475 e. The van der Waals surface area contributed by atoms with E-state index in [0.29, 0.717) is 18.3 Å². The van der Waals surface area contributed by atoms with Gasteiger partial charge in [0.2, 0.25) is 5.76 Å². The molecule has 1 saturated heterocycles. The number of thioether (sulfide) groups is 1. The van der Waals surface area contributed by atoms with Gasteiger partial charge in [-0.05, 0) is 30.7 Å². The Bertz CT molecular complexity index is 358. The first-order valence-electron chi connectivity index (χ1n) is 5.39. The minimum atomic E-state index is -1.01. The molecular weight excluding hydrogens is 226 g/mol. The van der Waals surface area contributed by atoms with Gasteiger partial charge in [-0.25, -0.2) is 4.79 Å². The Morgan fingerprint density at radius 2 is 2.50 bits per heavy atom. The van der Waals surface area contributed by atoms with Crippen LogP contribution in [-0.2, 0) is 6.54 Å². The monoisotopic (exact) mass is 241 g/mol. The first-order valence-corrected chi connectivity index (χ1v) is 6.54. The summed E-state index contributed by atoms with van der Waals surface area (Å²) in [6, 6.07) is 3.73. The molecule has 0 saturated carbocycles. The van der Waals surface area contributed by atoms with Crippen molar-refractivity contribution < 1.29 is 14.3 Å². The molecule has 0 spiro atoms. The quantitative estimate of drug-likeness (QED) is 0.843. The summed E-state index contributed by atoms with van der Waals surface area (Å²) in [5.74, 6) is 2.07. The molecular formula is C11H15NO3S. The molecule has 2 N–H and O–H groups in total. The minimum absolute atomic E-state index is 0.00909. The number of furan rings is 1. The van der Waals surface area contributed by atoms with Crippen LogP contribution in [0.1, 0.15) is 29.2 Å². The molecule has 0 aliphatic carbocycles. The molecule has 5 heteroatoms. The second kappa shape index (κ2) is 5.41. The molecule has 16 heavy (non-hydrogen) atoms. The van der Waals surface area contributed by atoms with Gasteiger partial charge in [-0.1, -0.05) is 0 Å². The zero-order chi connectivity index (χ0) is 11.4. The zero-order valence-electron chi connectivity index (χ0n) is 8.94. The van der Waals surface area contributed by atoms with Gasteiger partial charge in [0, 0.05) is 11.8 Å². The minimum Gasteiger partial charge on any atom is -0.475 e. The number of nitrogens with one attached hydrogen (secondary N) is 1. The SMILES string of the molecule is O=C(O)c1ccc(CNC2CCCSC2)o1. The maximum absolute atomic E-state index is 10.6. The summed E-state index contributed by atoms with van der Waals surface area (Å²) in [4.78, 5) is 10.6. The number of aromatic carboxylic acids is 1. The summed E-state index contributed by atoms with van der Waals surface area (Å²) in [7, 11) is 0. The summed E-state index contributed by atoms with van der Waals surface area (Å²) < 4.78 is 5.17. The summed E-state index contributed by atoms with van der Waals surface area (Å²) in [6.07, 6.45) is 2.44. The van der Waals surface area contributed by atoms with E-state index >= 15 is 0 Å². The fourth-order valence-corrected chi connectivity index (χ4v) is 2.84. The van der Waals surface area contributed by atoms with Crippen molar-refractivity contribution in [2.45, 2.75) is 25.4 Å². The van der Waals surface area contributed by atoms with Gasteiger partial charge < -0.3 is 14.8 Å². The van der Waals surface area contributed by atoms with Gasteiger partial charge >= 0.3 is 5.97 Å². The van der Waals surface area contributed by atoms with E-state index in [4.69, 9.17) is 9.52 Å². The van der Waals surface area contributed by atoms with Crippen LogP contribution in [0.25, 0.3) is 0 Å². The Kier molecular flexibility index (Phi) is 3.90. The molecule has 1 aliphatic rings. The second-order valence-electron chi connectivity index (χ2n) is 3.87. The van der Waals surface area contributed by atoms with Gasteiger partial charge in [0.25, 0.3) is 0 Å². The van der Waals surface area contributed by atoms with E-state index in [2.05, 4.69) is 5.32 Å². The molecule has 1 aromatic heterocycles. The topological polar surface area (TPSA) is 62.5 Å². The van der Waals surface area contributed by atoms with Crippen LogP contribution in [0.5, 0.6) is 0 Å². The van der Waals surface area contributed by atoms with Crippen molar-refractivity contribution >= 4 is 17.7 Å². The molecule has 0 aromatic carbocycles. The van der Waals surface area contributed by atoms with Crippen LogP contribution in [0, 0.1) is 0 Å². The lowest BCUT2D eigenvalue weighted by Crippen LogP contribution is -2.33. The maximum Gasteiger partial charge on any atom is 0.371 e. The first kappa shape index (κ1) is 11.5. The lowest BCUT2D eigenvalue weighted by molar-refractivity contribution is 0.0660. The van der Waals surface area contributed by atoms with Crippen LogP contribution < -0.4 is 5.32 Å². The Morgan fingerprint density at radius 3 is 3.12 bits per heavy atom. The van der Waals surface area contributed by atoms with E-state index in [1.54, 1.807) is 6.07 Å². The van der Waals surface area contributed by atoms with Crippen molar-refractivity contribution in [2.24, 2.45) is 0 Å². The molecule has 0 bridgehead atoms. The molecule has 1 unspecified atom stereocenters. The zero-order valence-corrected chi connectivity index (χ0v) is 9.76. The molecule has 0 radical (unpaired) electrons. The third-order valence-electron chi connectivity index (χ3n) is 2.60. The van der Waals surface area contributed by atoms with Crippen molar-refractivity contribution in [3.63, 3.8) is 0 Å². The number of carbonyl (C=O) groups is 1. The predicted molar refractivity (Wildman–Crippen MR) is 62.9 cm³/mol. The lowest BCUT2D eigenvalue weighted by Gasteiger charge is -2.21. The molecule has 1 aliphatic heterocycles. The van der Waals surface area contributed by atoms with Crippen molar-refractivity contribution in [2.75, 3.05) is 11.5 Å². The average molecular weight is 241 g/mol. The third kappa shape index (κ3) is 3.02. The number of carboxylic acids is 1. The standard InChI is InChI=1S/C11H15NO3S/c13-11(14)10-4-3-9(15-10)6-12-8-2-1-5-16-7-8/h3-4,8,12H,1-2,5-7H2,(H,13,14). The number of carboxylic acid groups (broad SMARTS) is 1. The Hall–Kier alpha value is -0.940. The van der Waals surface area contributed by atoms with Crippen molar-refractivity contribution in [3.8, 4) is 0 Å². The van der Waals surface area contributed by atoms with Crippen LogP contribution in [-0.4, -0.2) is 28.6 Å². The highest BCUT2D eigenvalue weighted by molar-refractivity contribution is 7.99. The Morgan fingerprint density at radius 1 is 1.62 bits per heavy atom. The van der Waals surface area contributed by atoms with E-state index in [0.717, 1.165) is 5.75 Å². The van der Waals surface area contributed by atoms with Crippen LogP contribution in [0.3, 0.4) is 0 Å². The fourth-order valence-electron chi connectivity index (χ4n) is 1.73. The molecule has 0 amide bonds. The van der Waals surface area contributed by atoms with Crippen LogP contribution in [0.2, 0.25) is 0 Å². The number of hydrogen-bond acceptors (Lipinski definition) is 4. The summed E-state index contributed by atoms with van der Waals surface area (Å²) in [6.45, 7) is 0.610.